The van der Waals surface area contributed by atoms with Crippen molar-refractivity contribution < 1.29 is 13.6 Å². The van der Waals surface area contributed by atoms with E-state index in [1.807, 2.05) is 13.8 Å². The monoisotopic (exact) mass is 337 g/mol. The summed E-state index contributed by atoms with van der Waals surface area (Å²) in [5.41, 5.74) is 23.0. The van der Waals surface area contributed by atoms with Gasteiger partial charge in [-0.25, -0.2) is 0 Å². The van der Waals surface area contributed by atoms with Crippen LogP contribution in [0.2, 0.25) is 0 Å². The number of hydrogen-bond donors (Lipinski definition) is 4. The van der Waals surface area contributed by atoms with Gasteiger partial charge in [0.1, 0.15) is 13.2 Å². The summed E-state index contributed by atoms with van der Waals surface area (Å²) in [7, 11) is -2.15. The lowest BCUT2D eigenvalue weighted by molar-refractivity contribution is 0.156. The molecule has 0 aliphatic carbocycles. The van der Waals surface area contributed by atoms with Crippen molar-refractivity contribution in [2.24, 2.45) is 34.8 Å². The fourth-order valence-electron chi connectivity index (χ4n) is 2.30. The van der Waals surface area contributed by atoms with E-state index in [4.69, 9.17) is 32.0 Å². The fraction of sp³-hybridized carbons (Fsp3) is 1.00. The molecule has 0 saturated heterocycles. The molecule has 7 nitrogen and oxygen atoms in total. The Morgan fingerprint density at radius 3 is 1.50 bits per heavy atom. The summed E-state index contributed by atoms with van der Waals surface area (Å²) in [5, 5.41) is 0. The lowest BCUT2D eigenvalue weighted by Gasteiger charge is -2.20. The zero-order chi connectivity index (χ0) is 17.0. The van der Waals surface area contributed by atoms with E-state index in [0.717, 1.165) is 25.7 Å². The lowest BCUT2D eigenvalue weighted by atomic mass is 9.96. The van der Waals surface area contributed by atoms with Crippen LogP contribution in [0.1, 0.15) is 39.5 Å². The number of nitrogens with two attached hydrogens (primary N) is 4. The molecule has 0 aliphatic heterocycles. The van der Waals surface area contributed by atoms with Gasteiger partial charge in [0, 0.05) is 28.5 Å². The Morgan fingerprint density at radius 2 is 1.23 bits per heavy atom. The summed E-state index contributed by atoms with van der Waals surface area (Å²) in [4.78, 5) is 0. The Hall–Kier alpha value is -0.140. The van der Waals surface area contributed by atoms with Gasteiger partial charge in [-0.1, -0.05) is 13.8 Å². The molecule has 132 valence electrons. The van der Waals surface area contributed by atoms with Crippen LogP contribution < -0.4 is 22.9 Å². The molecule has 0 saturated carbocycles. The van der Waals surface area contributed by atoms with E-state index in [-0.39, 0.29) is 23.9 Å². The van der Waals surface area contributed by atoms with Crippen LogP contribution in [0.15, 0.2) is 0 Å². The molecule has 0 bridgehead atoms. The van der Waals surface area contributed by atoms with Gasteiger partial charge in [0.2, 0.25) is 0 Å². The van der Waals surface area contributed by atoms with Crippen molar-refractivity contribution in [3.63, 3.8) is 0 Å². The largest absolute Gasteiger partial charge is 0.697 e. The molecule has 8 N–H and O–H groups in total. The van der Waals surface area contributed by atoms with Gasteiger partial charge in [-0.2, -0.15) is 0 Å². The maximum atomic E-state index is 11.8. The third-order valence-corrected chi connectivity index (χ3v) is 4.77. The van der Waals surface area contributed by atoms with E-state index in [9.17, 15) is 4.57 Å². The maximum Gasteiger partial charge on any atom is 0.697 e. The van der Waals surface area contributed by atoms with Crippen molar-refractivity contribution in [2.75, 3.05) is 26.3 Å². The molecular weight excluding hydrogens is 303 g/mol. The second-order valence-corrected chi connectivity index (χ2v) is 6.60. The van der Waals surface area contributed by atoms with E-state index in [0.29, 0.717) is 26.3 Å². The van der Waals surface area contributed by atoms with Crippen LogP contribution in [-0.2, 0) is 13.6 Å². The predicted molar refractivity (Wildman–Crippen MR) is 90.4 cm³/mol. The highest BCUT2D eigenvalue weighted by atomic mass is 31.1. The van der Waals surface area contributed by atoms with Gasteiger partial charge in [0.15, 0.2) is 0 Å². The zero-order valence-corrected chi connectivity index (χ0v) is 14.8. The summed E-state index contributed by atoms with van der Waals surface area (Å²) in [6, 6.07) is -0.0838. The highest BCUT2D eigenvalue weighted by Gasteiger charge is 2.28. The molecule has 0 aliphatic rings. The molecule has 0 fully saturated rings. The van der Waals surface area contributed by atoms with Crippen LogP contribution in [0.4, 0.5) is 0 Å². The lowest BCUT2D eigenvalue weighted by Crippen LogP contribution is -2.35. The van der Waals surface area contributed by atoms with Gasteiger partial charge < -0.3 is 22.9 Å². The van der Waals surface area contributed by atoms with Crippen molar-refractivity contribution in [3.8, 4) is 0 Å². The molecule has 0 rings (SSSR count). The highest BCUT2D eigenvalue weighted by Crippen LogP contribution is 2.28. The second kappa shape index (κ2) is 13.3. The van der Waals surface area contributed by atoms with Gasteiger partial charge >= 0.3 is 8.25 Å². The second-order valence-electron chi connectivity index (χ2n) is 5.63. The fourth-order valence-corrected chi connectivity index (χ4v) is 3.00. The first-order valence-corrected chi connectivity index (χ1v) is 9.23. The Kier molecular flexibility index (Phi) is 13.2. The number of rotatable bonds is 14. The minimum absolute atomic E-state index is 0.0419. The number of hydrogen-bond acceptors (Lipinski definition) is 7. The third-order valence-electron chi connectivity index (χ3n) is 4.05. The molecule has 4 atom stereocenters. The maximum absolute atomic E-state index is 11.8. The van der Waals surface area contributed by atoms with Crippen molar-refractivity contribution >= 4 is 8.25 Å². The molecule has 22 heavy (non-hydrogen) atoms. The first kappa shape index (κ1) is 21.9. The average molecular weight is 337 g/mol. The first-order chi connectivity index (χ1) is 10.5. The standard InChI is InChI=1S/C14H34N4O3P/c1-3-11(13(17)5-7-15)9-20-22(19)21-10-12(4-2)14(18)6-8-16/h11-14H,3-10,15-18H2,1-2H3/q+1. The quantitative estimate of drug-likeness (QED) is 0.348. The van der Waals surface area contributed by atoms with Crippen molar-refractivity contribution in [1.29, 1.82) is 0 Å². The molecule has 0 spiro atoms. The normalized spacial score (nSPS) is 17.8. The van der Waals surface area contributed by atoms with Crippen LogP contribution in [-0.4, -0.2) is 38.4 Å². The Bertz CT molecular complexity index is 271. The van der Waals surface area contributed by atoms with Gasteiger partial charge in [-0.15, -0.1) is 9.05 Å². The summed E-state index contributed by atoms with van der Waals surface area (Å²) < 4.78 is 22.4. The minimum Gasteiger partial charge on any atom is -0.330 e. The van der Waals surface area contributed by atoms with Gasteiger partial charge in [-0.3, -0.25) is 0 Å². The Labute approximate surface area is 135 Å². The molecule has 4 unspecified atom stereocenters. The van der Waals surface area contributed by atoms with Crippen LogP contribution in [0, 0.1) is 11.8 Å². The van der Waals surface area contributed by atoms with Crippen LogP contribution >= 0.6 is 8.25 Å². The summed E-state index contributed by atoms with van der Waals surface area (Å²) in [6.07, 6.45) is 3.16. The van der Waals surface area contributed by atoms with Crippen LogP contribution in [0.3, 0.4) is 0 Å². The molecule has 0 aromatic carbocycles. The van der Waals surface area contributed by atoms with E-state index in [1.54, 1.807) is 0 Å². The minimum atomic E-state index is -2.15. The molecule has 0 heterocycles. The van der Waals surface area contributed by atoms with Gasteiger partial charge in [0.25, 0.3) is 0 Å². The molecule has 0 aromatic heterocycles. The molecular formula is C14H34N4O3P+. The zero-order valence-electron chi connectivity index (χ0n) is 13.9. The average Bonchev–Trinajstić information content (AvgIpc) is 2.49. The van der Waals surface area contributed by atoms with Crippen molar-refractivity contribution in [1.82, 2.24) is 0 Å². The topological polar surface area (TPSA) is 140 Å². The highest BCUT2D eigenvalue weighted by molar-refractivity contribution is 7.33. The van der Waals surface area contributed by atoms with Crippen LogP contribution in [0.25, 0.3) is 0 Å². The van der Waals surface area contributed by atoms with Crippen LogP contribution in [0.5, 0.6) is 0 Å². The molecule has 0 aromatic rings. The van der Waals surface area contributed by atoms with E-state index >= 15 is 0 Å². The SMILES string of the molecule is CCC(CO[P+](=O)OCC(CC)C(N)CCN)C(N)CCN. The smallest absolute Gasteiger partial charge is 0.330 e. The molecule has 8 heteroatoms. The Morgan fingerprint density at radius 1 is 0.864 bits per heavy atom. The van der Waals surface area contributed by atoms with Gasteiger partial charge in [-0.05, 0) is 38.8 Å². The van der Waals surface area contributed by atoms with Gasteiger partial charge in [0.05, 0.1) is 0 Å². The van der Waals surface area contributed by atoms with E-state index < -0.39 is 8.25 Å². The van der Waals surface area contributed by atoms with Crippen molar-refractivity contribution in [2.45, 2.75) is 51.6 Å². The third kappa shape index (κ3) is 9.10. The summed E-state index contributed by atoms with van der Waals surface area (Å²) in [5.74, 6) is 0.264. The molecule has 0 radical (unpaired) electrons. The summed E-state index contributed by atoms with van der Waals surface area (Å²) in [6.45, 7) is 5.76. The first-order valence-electron chi connectivity index (χ1n) is 8.14. The Balaban J connectivity index is 4.11. The van der Waals surface area contributed by atoms with E-state index in [2.05, 4.69) is 0 Å². The molecule has 0 amide bonds. The van der Waals surface area contributed by atoms with Crippen molar-refractivity contribution in [3.05, 3.63) is 0 Å². The predicted octanol–water partition coefficient (Wildman–Crippen LogP) is 1.08. The van der Waals surface area contributed by atoms with E-state index in [1.165, 1.54) is 0 Å². The summed E-state index contributed by atoms with van der Waals surface area (Å²) >= 11 is 0.